The molecule has 0 bridgehead atoms. The number of halogens is 4. The van der Waals surface area contributed by atoms with Gasteiger partial charge in [-0.05, 0) is 17.7 Å². The van der Waals surface area contributed by atoms with Crippen LogP contribution in [0.1, 0.15) is 12.0 Å². The summed E-state index contributed by atoms with van der Waals surface area (Å²) in [7, 11) is 0. The van der Waals surface area contributed by atoms with Gasteiger partial charge < -0.3 is 9.53 Å². The normalized spacial score (nSPS) is 11.8. The molecule has 0 aliphatic rings. The molecule has 6 heteroatoms. The highest BCUT2D eigenvalue weighted by Crippen LogP contribution is 2.28. The van der Waals surface area contributed by atoms with Crippen LogP contribution in [0.25, 0.3) is 6.08 Å². The summed E-state index contributed by atoms with van der Waals surface area (Å²) >= 11 is 3.12. The molecular weight excluding hydrogens is 301 g/mol. The predicted octanol–water partition coefficient (Wildman–Crippen LogP) is 3.95. The van der Waals surface area contributed by atoms with E-state index in [1.165, 1.54) is 18.2 Å². The zero-order valence-corrected chi connectivity index (χ0v) is 10.1. The molecule has 0 aliphatic carbocycles. The lowest BCUT2D eigenvalue weighted by Crippen LogP contribution is -2.17. The molecule has 0 saturated heterocycles. The Morgan fingerprint density at radius 3 is 2.59 bits per heavy atom. The van der Waals surface area contributed by atoms with Crippen molar-refractivity contribution in [3.8, 4) is 5.75 Å². The fourth-order valence-corrected chi connectivity index (χ4v) is 1.58. The van der Waals surface area contributed by atoms with Gasteiger partial charge in [0.1, 0.15) is 12.0 Å². The van der Waals surface area contributed by atoms with E-state index >= 15 is 0 Å². The van der Waals surface area contributed by atoms with Crippen molar-refractivity contribution in [3.63, 3.8) is 0 Å². The van der Waals surface area contributed by atoms with Crippen LogP contribution in [0, 0.1) is 0 Å². The first kappa shape index (κ1) is 13.8. The number of carbonyl (C=O) groups is 1. The summed E-state index contributed by atoms with van der Waals surface area (Å²) < 4.78 is 40.0. The third kappa shape index (κ3) is 5.04. The second kappa shape index (κ2) is 5.86. The lowest BCUT2D eigenvalue weighted by atomic mass is 10.2. The van der Waals surface area contributed by atoms with Crippen LogP contribution in [0.15, 0.2) is 28.7 Å². The number of rotatable bonds is 4. The minimum absolute atomic E-state index is 0.257. The molecular formula is C11H8BrF3O2. The van der Waals surface area contributed by atoms with Crippen LogP contribution in [0.2, 0.25) is 0 Å². The van der Waals surface area contributed by atoms with Crippen LogP contribution in [0.3, 0.4) is 0 Å². The Bertz CT molecular complexity index is 427. The van der Waals surface area contributed by atoms with Gasteiger partial charge in [-0.25, -0.2) is 0 Å². The Morgan fingerprint density at radius 1 is 1.35 bits per heavy atom. The molecule has 0 heterocycles. The first-order valence-corrected chi connectivity index (χ1v) is 5.37. The van der Waals surface area contributed by atoms with E-state index in [1.54, 1.807) is 12.2 Å². The van der Waals surface area contributed by atoms with E-state index in [2.05, 4.69) is 20.7 Å². The van der Waals surface area contributed by atoms with Crippen LogP contribution < -0.4 is 4.74 Å². The Labute approximate surface area is 104 Å². The highest BCUT2D eigenvalue weighted by Gasteiger charge is 2.31. The first-order chi connectivity index (χ1) is 7.92. The van der Waals surface area contributed by atoms with Gasteiger partial charge in [-0.15, -0.1) is 13.2 Å². The van der Waals surface area contributed by atoms with Gasteiger partial charge in [0.05, 0.1) is 0 Å². The summed E-state index contributed by atoms with van der Waals surface area (Å²) in [6.45, 7) is 0. The molecule has 0 spiro atoms. The van der Waals surface area contributed by atoms with Gasteiger partial charge in [0.15, 0.2) is 0 Å². The number of carbonyl (C=O) groups excluding carboxylic acids is 1. The maximum absolute atomic E-state index is 11.9. The Kier molecular flexibility index (Phi) is 4.74. The van der Waals surface area contributed by atoms with E-state index in [1.807, 2.05) is 0 Å². The first-order valence-electron chi connectivity index (χ1n) is 4.58. The molecule has 0 atom stereocenters. The van der Waals surface area contributed by atoms with Crippen molar-refractivity contribution in [2.75, 3.05) is 0 Å². The molecule has 0 fully saturated rings. The van der Waals surface area contributed by atoms with E-state index in [0.29, 0.717) is 10.0 Å². The fraction of sp³-hybridized carbons (Fsp3) is 0.182. The van der Waals surface area contributed by atoms with Crippen LogP contribution in [0.5, 0.6) is 5.75 Å². The second-order valence-electron chi connectivity index (χ2n) is 3.04. The summed E-state index contributed by atoms with van der Waals surface area (Å²) in [6, 6.07) is 3.89. The molecule has 17 heavy (non-hydrogen) atoms. The summed E-state index contributed by atoms with van der Waals surface area (Å²) in [6.07, 6.45) is -0.472. The lowest BCUT2D eigenvalue weighted by Gasteiger charge is -2.09. The summed E-state index contributed by atoms with van der Waals surface area (Å²) in [5.41, 5.74) is 0.668. The van der Waals surface area contributed by atoms with Gasteiger partial charge in [0, 0.05) is 10.9 Å². The summed E-state index contributed by atoms with van der Waals surface area (Å²) in [5, 5.41) is 0. The Hall–Kier alpha value is -1.30. The minimum Gasteiger partial charge on any atom is -0.406 e. The zero-order valence-electron chi connectivity index (χ0n) is 8.50. The van der Waals surface area contributed by atoms with Crippen LogP contribution in [-0.2, 0) is 4.79 Å². The van der Waals surface area contributed by atoms with Gasteiger partial charge in [-0.2, -0.15) is 0 Å². The van der Waals surface area contributed by atoms with E-state index < -0.39 is 6.36 Å². The highest BCUT2D eigenvalue weighted by atomic mass is 79.9. The molecule has 0 saturated carbocycles. The van der Waals surface area contributed by atoms with Crippen LogP contribution in [-0.4, -0.2) is 12.6 Å². The molecule has 0 radical (unpaired) electrons. The monoisotopic (exact) mass is 308 g/mol. The fourth-order valence-electron chi connectivity index (χ4n) is 1.09. The van der Waals surface area contributed by atoms with Gasteiger partial charge in [-0.1, -0.05) is 34.1 Å². The van der Waals surface area contributed by atoms with E-state index in [-0.39, 0.29) is 12.2 Å². The number of ether oxygens (including phenoxy) is 1. The Balaban J connectivity index is 2.82. The number of hydrogen-bond acceptors (Lipinski definition) is 2. The molecule has 0 amide bonds. The predicted molar refractivity (Wildman–Crippen MR) is 60.5 cm³/mol. The number of allylic oxidation sites excluding steroid dienone is 1. The molecule has 0 N–H and O–H groups in total. The minimum atomic E-state index is -4.70. The van der Waals surface area contributed by atoms with Crippen molar-refractivity contribution >= 4 is 28.3 Å². The quantitative estimate of drug-likeness (QED) is 0.787. The Morgan fingerprint density at radius 2 is 2.06 bits per heavy atom. The van der Waals surface area contributed by atoms with Crippen molar-refractivity contribution in [1.29, 1.82) is 0 Å². The van der Waals surface area contributed by atoms with Crippen molar-refractivity contribution < 1.29 is 22.7 Å². The second-order valence-corrected chi connectivity index (χ2v) is 3.89. The van der Waals surface area contributed by atoms with Crippen LogP contribution in [0.4, 0.5) is 13.2 Å². The van der Waals surface area contributed by atoms with Crippen molar-refractivity contribution in [2.24, 2.45) is 0 Å². The maximum Gasteiger partial charge on any atom is 0.573 e. The standard InChI is InChI=1S/C11H8BrF3O2/c12-10-7-9(17-11(13,14)15)5-4-8(10)3-1-2-6-16/h1,3-7H,2H2. The topological polar surface area (TPSA) is 26.3 Å². The lowest BCUT2D eigenvalue weighted by molar-refractivity contribution is -0.274. The molecule has 0 unspecified atom stereocenters. The molecule has 1 aromatic carbocycles. The summed E-state index contributed by atoms with van der Waals surface area (Å²) in [5.74, 6) is -0.295. The molecule has 1 rings (SSSR count). The number of alkyl halides is 3. The molecule has 0 aliphatic heterocycles. The van der Waals surface area contributed by atoms with Gasteiger partial charge in [-0.3, -0.25) is 0 Å². The molecule has 2 nitrogen and oxygen atoms in total. The number of benzene rings is 1. The third-order valence-electron chi connectivity index (χ3n) is 1.74. The molecule has 92 valence electrons. The average Bonchev–Trinajstić information content (AvgIpc) is 2.19. The SMILES string of the molecule is O=CCC=Cc1ccc(OC(F)(F)F)cc1Br. The van der Waals surface area contributed by atoms with E-state index in [0.717, 1.165) is 6.29 Å². The van der Waals surface area contributed by atoms with Crippen molar-refractivity contribution in [1.82, 2.24) is 0 Å². The number of aldehydes is 1. The van der Waals surface area contributed by atoms with Gasteiger partial charge in [0.25, 0.3) is 0 Å². The van der Waals surface area contributed by atoms with Crippen molar-refractivity contribution in [3.05, 3.63) is 34.3 Å². The number of hydrogen-bond donors (Lipinski definition) is 0. The highest BCUT2D eigenvalue weighted by molar-refractivity contribution is 9.10. The van der Waals surface area contributed by atoms with Gasteiger partial charge >= 0.3 is 6.36 Å². The van der Waals surface area contributed by atoms with E-state index in [4.69, 9.17) is 0 Å². The largest absolute Gasteiger partial charge is 0.573 e. The van der Waals surface area contributed by atoms with Gasteiger partial charge in [0.2, 0.25) is 0 Å². The smallest absolute Gasteiger partial charge is 0.406 e. The van der Waals surface area contributed by atoms with E-state index in [9.17, 15) is 18.0 Å². The third-order valence-corrected chi connectivity index (χ3v) is 2.42. The maximum atomic E-state index is 11.9. The molecule has 1 aromatic rings. The van der Waals surface area contributed by atoms with Crippen LogP contribution >= 0.6 is 15.9 Å². The van der Waals surface area contributed by atoms with Crippen molar-refractivity contribution in [2.45, 2.75) is 12.8 Å². The summed E-state index contributed by atoms with van der Waals surface area (Å²) in [4.78, 5) is 10.1. The molecule has 0 aromatic heterocycles. The zero-order chi connectivity index (χ0) is 12.9. The average molecular weight is 309 g/mol.